The molecule has 5 nitrogen and oxygen atoms in total. The molecule has 6 heteroatoms. The monoisotopic (exact) mass is 267 g/mol. The second-order valence-electron chi connectivity index (χ2n) is 3.58. The SMILES string of the molecule is CCNC(=O)CSCc1ccccc1C(=O)NN. The molecule has 0 aromatic heterocycles. The van der Waals surface area contributed by atoms with Crippen LogP contribution in [0.1, 0.15) is 22.8 Å². The van der Waals surface area contributed by atoms with E-state index in [9.17, 15) is 9.59 Å². The van der Waals surface area contributed by atoms with Crippen molar-refractivity contribution in [2.24, 2.45) is 5.84 Å². The number of thioether (sulfide) groups is 1. The number of hydrogen-bond acceptors (Lipinski definition) is 4. The van der Waals surface area contributed by atoms with Crippen molar-refractivity contribution in [2.45, 2.75) is 12.7 Å². The molecule has 0 radical (unpaired) electrons. The molecule has 0 atom stereocenters. The van der Waals surface area contributed by atoms with Gasteiger partial charge in [0, 0.05) is 17.9 Å². The minimum atomic E-state index is -0.316. The quantitative estimate of drug-likeness (QED) is 0.401. The zero-order valence-electron chi connectivity index (χ0n) is 10.2. The lowest BCUT2D eigenvalue weighted by Crippen LogP contribution is -2.30. The van der Waals surface area contributed by atoms with Crippen molar-refractivity contribution >= 4 is 23.6 Å². The summed E-state index contributed by atoms with van der Waals surface area (Å²) in [4.78, 5) is 22.8. The molecular formula is C12H17N3O2S. The molecule has 0 saturated heterocycles. The van der Waals surface area contributed by atoms with Crippen LogP contribution in [-0.2, 0) is 10.5 Å². The Kier molecular flexibility index (Phi) is 6.24. The Hall–Kier alpha value is -1.53. The molecule has 18 heavy (non-hydrogen) atoms. The molecule has 4 N–H and O–H groups in total. The average molecular weight is 267 g/mol. The number of amides is 2. The van der Waals surface area contributed by atoms with E-state index in [0.29, 0.717) is 23.6 Å². The van der Waals surface area contributed by atoms with Crippen molar-refractivity contribution in [1.29, 1.82) is 0 Å². The number of nitrogen functional groups attached to an aromatic ring is 1. The van der Waals surface area contributed by atoms with E-state index in [1.54, 1.807) is 12.1 Å². The summed E-state index contributed by atoms with van der Waals surface area (Å²) in [6.45, 7) is 2.51. The highest BCUT2D eigenvalue weighted by Crippen LogP contribution is 2.16. The van der Waals surface area contributed by atoms with E-state index in [1.807, 2.05) is 19.1 Å². The zero-order valence-corrected chi connectivity index (χ0v) is 11.0. The summed E-state index contributed by atoms with van der Waals surface area (Å²) in [6, 6.07) is 7.21. The number of nitrogens with two attached hydrogens (primary N) is 1. The fourth-order valence-electron chi connectivity index (χ4n) is 1.45. The van der Waals surface area contributed by atoms with Crippen LogP contribution in [0.5, 0.6) is 0 Å². The van der Waals surface area contributed by atoms with Gasteiger partial charge in [-0.1, -0.05) is 18.2 Å². The molecule has 0 spiro atoms. The summed E-state index contributed by atoms with van der Waals surface area (Å²) in [5, 5.41) is 2.72. The Labute approximate surface area is 110 Å². The number of carbonyl (C=O) groups is 2. The summed E-state index contributed by atoms with van der Waals surface area (Å²) in [5.74, 6) is 5.79. The van der Waals surface area contributed by atoms with Crippen LogP contribution in [0, 0.1) is 0 Å². The van der Waals surface area contributed by atoms with Crippen molar-refractivity contribution in [3.8, 4) is 0 Å². The van der Waals surface area contributed by atoms with Gasteiger partial charge in [0.25, 0.3) is 5.91 Å². The van der Waals surface area contributed by atoms with Crippen LogP contribution in [0.25, 0.3) is 0 Å². The van der Waals surface area contributed by atoms with Gasteiger partial charge in [-0.05, 0) is 18.6 Å². The minimum Gasteiger partial charge on any atom is -0.356 e. The van der Waals surface area contributed by atoms with Gasteiger partial charge < -0.3 is 5.32 Å². The highest BCUT2D eigenvalue weighted by atomic mass is 32.2. The first-order valence-electron chi connectivity index (χ1n) is 5.62. The van der Waals surface area contributed by atoms with E-state index < -0.39 is 0 Å². The Balaban J connectivity index is 2.57. The van der Waals surface area contributed by atoms with Crippen LogP contribution in [0.3, 0.4) is 0 Å². The van der Waals surface area contributed by atoms with E-state index in [2.05, 4.69) is 10.7 Å². The second kappa shape index (κ2) is 7.73. The molecule has 1 rings (SSSR count). The van der Waals surface area contributed by atoms with Gasteiger partial charge in [0.15, 0.2) is 0 Å². The lowest BCUT2D eigenvalue weighted by molar-refractivity contribution is -0.118. The molecule has 1 aromatic carbocycles. The summed E-state index contributed by atoms with van der Waals surface area (Å²) in [5.41, 5.74) is 3.53. The van der Waals surface area contributed by atoms with Gasteiger partial charge in [0.2, 0.25) is 5.91 Å². The molecular weight excluding hydrogens is 250 g/mol. The fraction of sp³-hybridized carbons (Fsp3) is 0.333. The van der Waals surface area contributed by atoms with Crippen molar-refractivity contribution in [2.75, 3.05) is 12.3 Å². The standard InChI is InChI=1S/C12H17N3O2S/c1-2-14-11(16)8-18-7-9-5-3-4-6-10(9)12(17)15-13/h3-6H,2,7-8,13H2,1H3,(H,14,16)(H,15,17). The number of benzene rings is 1. The Morgan fingerprint density at radius 3 is 2.72 bits per heavy atom. The Bertz CT molecular complexity index is 424. The number of hydrazine groups is 1. The van der Waals surface area contributed by atoms with Crippen molar-refractivity contribution in [1.82, 2.24) is 10.7 Å². The Morgan fingerprint density at radius 1 is 1.33 bits per heavy atom. The molecule has 98 valence electrons. The maximum atomic E-state index is 11.5. The van der Waals surface area contributed by atoms with Gasteiger partial charge in [-0.3, -0.25) is 15.0 Å². The smallest absolute Gasteiger partial charge is 0.265 e. The van der Waals surface area contributed by atoms with Gasteiger partial charge >= 0.3 is 0 Å². The van der Waals surface area contributed by atoms with Crippen LogP contribution < -0.4 is 16.6 Å². The van der Waals surface area contributed by atoms with Gasteiger partial charge in [-0.15, -0.1) is 11.8 Å². The zero-order chi connectivity index (χ0) is 13.4. The van der Waals surface area contributed by atoms with Crippen LogP contribution in [-0.4, -0.2) is 24.1 Å². The van der Waals surface area contributed by atoms with Crippen LogP contribution in [0.15, 0.2) is 24.3 Å². The molecule has 0 unspecified atom stereocenters. The van der Waals surface area contributed by atoms with E-state index in [-0.39, 0.29) is 11.8 Å². The highest BCUT2D eigenvalue weighted by molar-refractivity contribution is 7.99. The molecule has 0 aliphatic carbocycles. The van der Waals surface area contributed by atoms with E-state index in [4.69, 9.17) is 5.84 Å². The fourth-order valence-corrected chi connectivity index (χ4v) is 2.31. The van der Waals surface area contributed by atoms with E-state index in [1.165, 1.54) is 11.8 Å². The first kappa shape index (κ1) is 14.5. The minimum absolute atomic E-state index is 0.00302. The summed E-state index contributed by atoms with van der Waals surface area (Å²) < 4.78 is 0. The predicted octanol–water partition coefficient (Wildman–Crippen LogP) is 0.659. The van der Waals surface area contributed by atoms with Gasteiger partial charge in [0.05, 0.1) is 5.75 Å². The third kappa shape index (κ3) is 4.38. The van der Waals surface area contributed by atoms with Crippen molar-refractivity contribution < 1.29 is 9.59 Å². The lowest BCUT2D eigenvalue weighted by Gasteiger charge is -2.07. The molecule has 0 fully saturated rings. The molecule has 0 aliphatic rings. The predicted molar refractivity (Wildman–Crippen MR) is 72.9 cm³/mol. The van der Waals surface area contributed by atoms with Gasteiger partial charge in [-0.2, -0.15) is 0 Å². The second-order valence-corrected chi connectivity index (χ2v) is 4.56. The third-order valence-electron chi connectivity index (χ3n) is 2.26. The average Bonchev–Trinajstić information content (AvgIpc) is 2.39. The van der Waals surface area contributed by atoms with E-state index in [0.717, 1.165) is 5.56 Å². The van der Waals surface area contributed by atoms with Crippen LogP contribution in [0.4, 0.5) is 0 Å². The molecule has 0 bridgehead atoms. The molecule has 2 amide bonds. The maximum absolute atomic E-state index is 11.5. The molecule has 1 aromatic rings. The van der Waals surface area contributed by atoms with Gasteiger partial charge in [0.1, 0.15) is 0 Å². The topological polar surface area (TPSA) is 84.2 Å². The summed E-state index contributed by atoms with van der Waals surface area (Å²) in [6.07, 6.45) is 0. The third-order valence-corrected chi connectivity index (χ3v) is 3.24. The summed E-state index contributed by atoms with van der Waals surface area (Å²) in [7, 11) is 0. The first-order valence-corrected chi connectivity index (χ1v) is 6.77. The largest absolute Gasteiger partial charge is 0.356 e. The van der Waals surface area contributed by atoms with Crippen LogP contribution in [0.2, 0.25) is 0 Å². The normalized spacial score (nSPS) is 9.89. The molecule has 0 aliphatic heterocycles. The molecule has 0 saturated carbocycles. The van der Waals surface area contributed by atoms with Crippen molar-refractivity contribution in [3.05, 3.63) is 35.4 Å². The first-order chi connectivity index (χ1) is 8.69. The maximum Gasteiger partial charge on any atom is 0.265 e. The van der Waals surface area contributed by atoms with E-state index >= 15 is 0 Å². The number of hydrogen-bond donors (Lipinski definition) is 3. The Morgan fingerprint density at radius 2 is 2.06 bits per heavy atom. The highest BCUT2D eigenvalue weighted by Gasteiger charge is 2.09. The van der Waals surface area contributed by atoms with Gasteiger partial charge in [-0.25, -0.2) is 5.84 Å². The molecule has 0 heterocycles. The lowest BCUT2D eigenvalue weighted by atomic mass is 10.1. The van der Waals surface area contributed by atoms with Crippen molar-refractivity contribution in [3.63, 3.8) is 0 Å². The number of rotatable bonds is 6. The summed E-state index contributed by atoms with van der Waals surface area (Å²) >= 11 is 1.46. The number of nitrogens with one attached hydrogen (secondary N) is 2. The number of carbonyl (C=O) groups excluding carboxylic acids is 2. The van der Waals surface area contributed by atoms with Crippen LogP contribution >= 0.6 is 11.8 Å².